The van der Waals surface area contributed by atoms with E-state index in [1.807, 2.05) is 43.3 Å². The second-order valence-electron chi connectivity index (χ2n) is 8.11. The van der Waals surface area contributed by atoms with Crippen LogP contribution in [0.25, 0.3) is 16.0 Å². The predicted molar refractivity (Wildman–Crippen MR) is 135 cm³/mol. The van der Waals surface area contributed by atoms with Crippen LogP contribution in [-0.2, 0) is 9.59 Å². The number of Topliss-reactive ketones (excluding diaryl/α,β-unsaturated/α-hetero) is 1. The molecule has 1 amide bonds. The summed E-state index contributed by atoms with van der Waals surface area (Å²) in [7, 11) is 3.04. The number of ketones is 1. The molecule has 176 valence electrons. The van der Waals surface area contributed by atoms with Crippen molar-refractivity contribution < 1.29 is 24.2 Å². The smallest absolute Gasteiger partial charge is 0.301 e. The van der Waals surface area contributed by atoms with E-state index in [2.05, 4.69) is 4.98 Å². The molecule has 0 bridgehead atoms. The van der Waals surface area contributed by atoms with Crippen molar-refractivity contribution in [2.24, 2.45) is 0 Å². The second-order valence-corrected chi connectivity index (χ2v) is 9.12. The van der Waals surface area contributed by atoms with Crippen molar-refractivity contribution in [3.8, 4) is 11.5 Å². The lowest BCUT2D eigenvalue weighted by molar-refractivity contribution is -0.132. The Bertz CT molecular complexity index is 1460. The number of aromatic nitrogens is 1. The van der Waals surface area contributed by atoms with Crippen LogP contribution in [0.4, 0.5) is 5.13 Å². The summed E-state index contributed by atoms with van der Waals surface area (Å²) in [5.41, 5.74) is 2.61. The van der Waals surface area contributed by atoms with E-state index in [0.29, 0.717) is 33.3 Å². The molecule has 0 saturated carbocycles. The highest BCUT2D eigenvalue weighted by molar-refractivity contribution is 7.22. The van der Waals surface area contributed by atoms with E-state index in [1.165, 1.54) is 30.5 Å². The highest BCUT2D eigenvalue weighted by atomic mass is 32.1. The number of aliphatic hydroxyl groups excluding tert-OH is 1. The summed E-state index contributed by atoms with van der Waals surface area (Å²) in [6.45, 7) is 1.93. The fraction of sp³-hybridized carbons (Fsp3) is 0.148. The van der Waals surface area contributed by atoms with Gasteiger partial charge in [0.15, 0.2) is 5.13 Å². The first-order valence-corrected chi connectivity index (χ1v) is 11.7. The maximum absolute atomic E-state index is 13.4. The normalized spacial score (nSPS) is 17.2. The van der Waals surface area contributed by atoms with Gasteiger partial charge < -0.3 is 14.6 Å². The molecule has 4 aromatic rings. The van der Waals surface area contributed by atoms with Gasteiger partial charge in [-0.3, -0.25) is 14.5 Å². The molecule has 1 aliphatic heterocycles. The van der Waals surface area contributed by atoms with Crippen LogP contribution < -0.4 is 14.4 Å². The molecule has 8 heteroatoms. The van der Waals surface area contributed by atoms with E-state index in [4.69, 9.17) is 9.47 Å². The van der Waals surface area contributed by atoms with Crippen LogP contribution in [0, 0.1) is 6.92 Å². The van der Waals surface area contributed by atoms with Crippen molar-refractivity contribution in [1.82, 2.24) is 4.98 Å². The number of methoxy groups -OCH3 is 2. The molecular formula is C27H22N2O5S. The summed E-state index contributed by atoms with van der Waals surface area (Å²) < 4.78 is 11.9. The van der Waals surface area contributed by atoms with Gasteiger partial charge in [-0.25, -0.2) is 4.98 Å². The number of hydrogen-bond donors (Lipinski definition) is 1. The van der Waals surface area contributed by atoms with Crippen LogP contribution in [-0.4, -0.2) is 36.0 Å². The minimum Gasteiger partial charge on any atom is -0.507 e. The lowest BCUT2D eigenvalue weighted by Gasteiger charge is -2.25. The number of hydrogen-bond acceptors (Lipinski definition) is 7. The van der Waals surface area contributed by atoms with E-state index < -0.39 is 17.7 Å². The Balaban J connectivity index is 1.78. The van der Waals surface area contributed by atoms with Gasteiger partial charge in [-0.05, 0) is 37.3 Å². The van der Waals surface area contributed by atoms with Crippen LogP contribution in [0.3, 0.4) is 0 Å². The van der Waals surface area contributed by atoms with E-state index in [9.17, 15) is 14.7 Å². The number of anilines is 1. The fourth-order valence-corrected chi connectivity index (χ4v) is 5.20. The molecule has 0 aliphatic carbocycles. The lowest BCUT2D eigenvalue weighted by Crippen LogP contribution is -2.29. The second kappa shape index (κ2) is 8.88. The van der Waals surface area contributed by atoms with Crippen LogP contribution in [0.1, 0.15) is 22.7 Å². The quantitative estimate of drug-likeness (QED) is 0.236. The third-order valence-electron chi connectivity index (χ3n) is 5.99. The first-order valence-electron chi connectivity index (χ1n) is 10.9. The van der Waals surface area contributed by atoms with Crippen LogP contribution in [0.2, 0.25) is 0 Å². The van der Waals surface area contributed by atoms with Gasteiger partial charge in [-0.1, -0.05) is 53.3 Å². The van der Waals surface area contributed by atoms with E-state index >= 15 is 0 Å². The monoisotopic (exact) mass is 486 g/mol. The van der Waals surface area contributed by atoms with Crippen LogP contribution in [0.5, 0.6) is 11.5 Å². The molecule has 1 aromatic heterocycles. The Hall–Kier alpha value is -4.17. The largest absolute Gasteiger partial charge is 0.507 e. The van der Waals surface area contributed by atoms with Crippen molar-refractivity contribution in [2.45, 2.75) is 13.0 Å². The minimum absolute atomic E-state index is 0.0373. The molecular weight excluding hydrogens is 464 g/mol. The molecule has 0 radical (unpaired) electrons. The Labute approximate surface area is 205 Å². The zero-order valence-electron chi connectivity index (χ0n) is 19.3. The number of benzene rings is 3. The van der Waals surface area contributed by atoms with E-state index in [0.717, 1.165) is 10.3 Å². The number of carbonyl (C=O) groups excluding carboxylic acids is 2. The van der Waals surface area contributed by atoms with Crippen molar-refractivity contribution in [1.29, 1.82) is 0 Å². The summed E-state index contributed by atoms with van der Waals surface area (Å²) in [6.07, 6.45) is 0. The zero-order valence-corrected chi connectivity index (χ0v) is 20.1. The third-order valence-corrected chi connectivity index (χ3v) is 7.03. The molecule has 7 nitrogen and oxygen atoms in total. The molecule has 1 unspecified atom stereocenters. The zero-order chi connectivity index (χ0) is 24.7. The van der Waals surface area contributed by atoms with Crippen molar-refractivity contribution in [3.05, 3.63) is 89.0 Å². The van der Waals surface area contributed by atoms with E-state index in [1.54, 1.807) is 30.3 Å². The number of rotatable bonds is 5. The first kappa shape index (κ1) is 22.6. The summed E-state index contributed by atoms with van der Waals surface area (Å²) >= 11 is 1.30. The van der Waals surface area contributed by atoms with Gasteiger partial charge in [0, 0.05) is 11.1 Å². The van der Waals surface area contributed by atoms with Crippen molar-refractivity contribution >= 4 is 44.1 Å². The molecule has 1 saturated heterocycles. The highest BCUT2D eigenvalue weighted by Crippen LogP contribution is 2.47. The SMILES string of the molecule is COc1ccc(OC)c(C2C(=C(O)c3ccc(C)cc3)C(=O)C(=O)N2c2nc3ccccc3s2)c1. The number of aryl methyl sites for hydroxylation is 1. The van der Waals surface area contributed by atoms with Gasteiger partial charge in [0.1, 0.15) is 23.3 Å². The number of para-hydroxylation sites is 1. The molecule has 35 heavy (non-hydrogen) atoms. The standard InChI is InChI=1S/C27H22N2O5S/c1-15-8-10-16(11-9-15)24(30)22-23(18-14-17(33-2)12-13-20(18)34-3)29(26(32)25(22)31)27-28-19-6-4-5-7-21(19)35-27/h4-14,23,30H,1-3H3. The Kier molecular flexibility index (Phi) is 5.74. The lowest BCUT2D eigenvalue weighted by atomic mass is 9.94. The molecule has 5 rings (SSSR count). The van der Waals surface area contributed by atoms with Gasteiger partial charge in [0.05, 0.1) is 30.0 Å². The number of nitrogens with zero attached hydrogens (tertiary/aromatic N) is 2. The predicted octanol–water partition coefficient (Wildman–Crippen LogP) is 5.25. The molecule has 3 aromatic carbocycles. The van der Waals surface area contributed by atoms with Gasteiger partial charge >= 0.3 is 5.91 Å². The highest BCUT2D eigenvalue weighted by Gasteiger charge is 2.49. The maximum atomic E-state index is 13.4. The number of carbonyl (C=O) groups is 2. The summed E-state index contributed by atoms with van der Waals surface area (Å²) in [6, 6.07) is 18.8. The van der Waals surface area contributed by atoms with Gasteiger partial charge in [-0.2, -0.15) is 0 Å². The minimum atomic E-state index is -0.970. The number of amides is 1. The molecule has 2 heterocycles. The summed E-state index contributed by atoms with van der Waals surface area (Å²) in [5.74, 6) is -0.865. The van der Waals surface area contributed by atoms with Crippen LogP contribution >= 0.6 is 11.3 Å². The number of aliphatic hydroxyl groups is 1. The molecule has 1 N–H and O–H groups in total. The van der Waals surface area contributed by atoms with Crippen molar-refractivity contribution in [3.63, 3.8) is 0 Å². The number of thiazole rings is 1. The van der Waals surface area contributed by atoms with Gasteiger partial charge in [-0.15, -0.1) is 0 Å². The summed E-state index contributed by atoms with van der Waals surface area (Å²) in [4.78, 5) is 32.8. The fourth-order valence-electron chi connectivity index (χ4n) is 4.21. The first-order chi connectivity index (χ1) is 16.9. The molecule has 0 spiro atoms. The third kappa shape index (κ3) is 3.81. The Morgan fingerprint density at radius 1 is 1.00 bits per heavy atom. The molecule has 1 aliphatic rings. The topological polar surface area (TPSA) is 89.0 Å². The molecule has 1 atom stereocenters. The average Bonchev–Trinajstić information content (AvgIpc) is 3.42. The van der Waals surface area contributed by atoms with Crippen LogP contribution in [0.15, 0.2) is 72.3 Å². The van der Waals surface area contributed by atoms with Gasteiger partial charge in [0.2, 0.25) is 0 Å². The average molecular weight is 487 g/mol. The Morgan fingerprint density at radius 3 is 2.43 bits per heavy atom. The number of fused-ring (bicyclic) bond motifs is 1. The maximum Gasteiger partial charge on any atom is 0.301 e. The van der Waals surface area contributed by atoms with E-state index in [-0.39, 0.29) is 11.3 Å². The summed E-state index contributed by atoms with van der Waals surface area (Å²) in [5, 5.41) is 11.7. The number of ether oxygens (including phenoxy) is 2. The van der Waals surface area contributed by atoms with Crippen molar-refractivity contribution in [2.75, 3.05) is 19.1 Å². The van der Waals surface area contributed by atoms with Gasteiger partial charge in [0.25, 0.3) is 5.78 Å². The Morgan fingerprint density at radius 2 is 1.74 bits per heavy atom. The molecule has 1 fully saturated rings.